The molecule has 0 atom stereocenters. The summed E-state index contributed by atoms with van der Waals surface area (Å²) in [4.78, 5) is 8.76. The van der Waals surface area contributed by atoms with E-state index >= 15 is 0 Å². The SMILES string of the molecule is CCNC(=NCCCN(C)S(=O)(=O)CC)NCCc1ccccn1.I. The van der Waals surface area contributed by atoms with Gasteiger partial charge in [0.2, 0.25) is 10.0 Å². The van der Waals surface area contributed by atoms with Crippen LogP contribution in [0.3, 0.4) is 0 Å². The fraction of sp³-hybridized carbons (Fsp3) is 0.625. The minimum atomic E-state index is -3.11. The van der Waals surface area contributed by atoms with E-state index in [1.54, 1.807) is 20.2 Å². The molecule has 1 aromatic heterocycles. The van der Waals surface area contributed by atoms with Crippen LogP contribution in [0.4, 0.5) is 0 Å². The number of nitrogens with zero attached hydrogens (tertiary/aromatic N) is 3. The molecule has 144 valence electrons. The maximum atomic E-state index is 11.7. The average molecular weight is 483 g/mol. The number of nitrogens with one attached hydrogen (secondary N) is 2. The molecule has 7 nitrogen and oxygen atoms in total. The molecule has 0 aliphatic carbocycles. The van der Waals surface area contributed by atoms with E-state index in [-0.39, 0.29) is 29.7 Å². The fourth-order valence-corrected chi connectivity index (χ4v) is 2.89. The fourth-order valence-electron chi connectivity index (χ4n) is 2.04. The summed E-state index contributed by atoms with van der Waals surface area (Å²) in [6, 6.07) is 5.87. The van der Waals surface area contributed by atoms with E-state index in [1.807, 2.05) is 25.1 Å². The van der Waals surface area contributed by atoms with Gasteiger partial charge < -0.3 is 10.6 Å². The van der Waals surface area contributed by atoms with E-state index in [0.717, 1.165) is 31.2 Å². The molecule has 25 heavy (non-hydrogen) atoms. The Labute approximate surface area is 168 Å². The Morgan fingerprint density at radius 2 is 2.04 bits per heavy atom. The van der Waals surface area contributed by atoms with Crippen molar-refractivity contribution in [2.24, 2.45) is 4.99 Å². The maximum Gasteiger partial charge on any atom is 0.213 e. The molecule has 0 radical (unpaired) electrons. The predicted molar refractivity (Wildman–Crippen MR) is 114 cm³/mol. The molecule has 1 rings (SSSR count). The highest BCUT2D eigenvalue weighted by atomic mass is 127. The molecule has 1 heterocycles. The Balaban J connectivity index is 0.00000576. The van der Waals surface area contributed by atoms with Crippen molar-refractivity contribution in [2.75, 3.05) is 39.0 Å². The average Bonchev–Trinajstić information content (AvgIpc) is 2.59. The lowest BCUT2D eigenvalue weighted by atomic mass is 10.3. The Morgan fingerprint density at radius 1 is 1.28 bits per heavy atom. The number of halogens is 1. The standard InChI is InChI=1S/C16H29N5O2S.HI/c1-4-17-16(20-13-10-15-9-6-7-11-18-15)19-12-8-14-21(3)24(22,23)5-2;/h6-7,9,11H,4-5,8,10,12-14H2,1-3H3,(H2,17,19,20);1H. The van der Waals surface area contributed by atoms with Crippen molar-refractivity contribution in [3.63, 3.8) is 0 Å². The van der Waals surface area contributed by atoms with Crippen LogP contribution in [-0.4, -0.2) is 62.6 Å². The summed E-state index contributed by atoms with van der Waals surface area (Å²) in [5.41, 5.74) is 1.03. The summed E-state index contributed by atoms with van der Waals surface area (Å²) < 4.78 is 24.7. The van der Waals surface area contributed by atoms with Crippen molar-refractivity contribution in [1.82, 2.24) is 19.9 Å². The smallest absolute Gasteiger partial charge is 0.213 e. The number of hydrogen-bond acceptors (Lipinski definition) is 4. The van der Waals surface area contributed by atoms with Gasteiger partial charge in [0.05, 0.1) is 5.75 Å². The van der Waals surface area contributed by atoms with Crippen molar-refractivity contribution < 1.29 is 8.42 Å². The Morgan fingerprint density at radius 3 is 2.64 bits per heavy atom. The van der Waals surface area contributed by atoms with Gasteiger partial charge in [-0.25, -0.2) is 12.7 Å². The van der Waals surface area contributed by atoms with Crippen LogP contribution in [0.5, 0.6) is 0 Å². The van der Waals surface area contributed by atoms with Crippen molar-refractivity contribution in [2.45, 2.75) is 26.7 Å². The van der Waals surface area contributed by atoms with E-state index in [1.165, 1.54) is 4.31 Å². The van der Waals surface area contributed by atoms with Gasteiger partial charge in [-0.05, 0) is 32.4 Å². The van der Waals surface area contributed by atoms with Crippen molar-refractivity contribution in [3.05, 3.63) is 30.1 Å². The summed E-state index contributed by atoms with van der Waals surface area (Å²) >= 11 is 0. The molecule has 0 saturated heterocycles. The molecule has 0 aliphatic heterocycles. The van der Waals surface area contributed by atoms with Crippen LogP contribution in [0.25, 0.3) is 0 Å². The number of aliphatic imine (C=N–C) groups is 1. The lowest BCUT2D eigenvalue weighted by Gasteiger charge is -2.15. The molecule has 2 N–H and O–H groups in total. The van der Waals surface area contributed by atoms with Gasteiger partial charge in [-0.3, -0.25) is 9.98 Å². The molecule has 0 saturated carbocycles. The zero-order chi connectivity index (χ0) is 17.8. The zero-order valence-corrected chi connectivity index (χ0v) is 18.4. The Kier molecular flexibility index (Phi) is 12.8. The monoisotopic (exact) mass is 483 g/mol. The molecule has 0 amide bonds. The van der Waals surface area contributed by atoms with Crippen LogP contribution in [0.15, 0.2) is 29.4 Å². The molecule has 0 aliphatic rings. The van der Waals surface area contributed by atoms with Crippen molar-refractivity contribution in [3.8, 4) is 0 Å². The molecule has 0 fully saturated rings. The van der Waals surface area contributed by atoms with Crippen LogP contribution in [-0.2, 0) is 16.4 Å². The van der Waals surface area contributed by atoms with E-state index in [0.29, 0.717) is 19.5 Å². The molecule has 0 unspecified atom stereocenters. The molecular weight excluding hydrogens is 453 g/mol. The third-order valence-corrected chi connectivity index (χ3v) is 5.35. The van der Waals surface area contributed by atoms with Crippen LogP contribution in [0.2, 0.25) is 0 Å². The minimum Gasteiger partial charge on any atom is -0.357 e. The highest BCUT2D eigenvalue weighted by Gasteiger charge is 2.13. The third kappa shape index (κ3) is 9.95. The summed E-state index contributed by atoms with van der Waals surface area (Å²) in [5, 5.41) is 6.45. The van der Waals surface area contributed by atoms with E-state index in [9.17, 15) is 8.42 Å². The first-order valence-electron chi connectivity index (χ1n) is 8.35. The number of guanidine groups is 1. The van der Waals surface area contributed by atoms with Crippen LogP contribution in [0.1, 0.15) is 26.0 Å². The number of rotatable bonds is 10. The molecular formula is C16H30IN5O2S. The first kappa shape index (κ1) is 24.1. The van der Waals surface area contributed by atoms with Crippen LogP contribution >= 0.6 is 24.0 Å². The Bertz CT molecular complexity index is 596. The number of sulfonamides is 1. The number of pyridine rings is 1. The van der Waals surface area contributed by atoms with Gasteiger partial charge in [-0.2, -0.15) is 0 Å². The van der Waals surface area contributed by atoms with E-state index in [2.05, 4.69) is 20.6 Å². The second-order valence-electron chi connectivity index (χ2n) is 5.33. The maximum absolute atomic E-state index is 11.7. The summed E-state index contributed by atoms with van der Waals surface area (Å²) in [6.45, 7) is 6.23. The highest BCUT2D eigenvalue weighted by Crippen LogP contribution is 1.99. The van der Waals surface area contributed by atoms with Gasteiger partial charge in [0, 0.05) is 51.5 Å². The summed E-state index contributed by atoms with van der Waals surface area (Å²) in [5.74, 6) is 0.874. The molecule has 0 bridgehead atoms. The number of aromatic nitrogens is 1. The normalized spacial score (nSPS) is 11.9. The van der Waals surface area contributed by atoms with Crippen molar-refractivity contribution in [1.29, 1.82) is 0 Å². The number of hydrogen-bond donors (Lipinski definition) is 2. The lowest BCUT2D eigenvalue weighted by molar-refractivity contribution is 0.465. The van der Waals surface area contributed by atoms with Crippen LogP contribution in [0, 0.1) is 0 Å². The van der Waals surface area contributed by atoms with Crippen LogP contribution < -0.4 is 10.6 Å². The molecule has 0 aromatic carbocycles. The summed E-state index contributed by atoms with van der Waals surface area (Å²) in [6.07, 6.45) is 3.30. The molecule has 0 spiro atoms. The minimum absolute atomic E-state index is 0. The quantitative estimate of drug-likeness (QED) is 0.228. The van der Waals surface area contributed by atoms with E-state index in [4.69, 9.17) is 0 Å². The lowest BCUT2D eigenvalue weighted by Crippen LogP contribution is -2.38. The van der Waals surface area contributed by atoms with Crippen molar-refractivity contribution >= 4 is 40.0 Å². The van der Waals surface area contributed by atoms with Gasteiger partial charge in [-0.15, -0.1) is 24.0 Å². The second kappa shape index (κ2) is 13.3. The van der Waals surface area contributed by atoms with Gasteiger partial charge >= 0.3 is 0 Å². The predicted octanol–water partition coefficient (Wildman–Crippen LogP) is 1.47. The summed E-state index contributed by atoms with van der Waals surface area (Å²) in [7, 11) is -1.50. The van der Waals surface area contributed by atoms with Gasteiger partial charge in [0.15, 0.2) is 5.96 Å². The first-order chi connectivity index (χ1) is 11.5. The molecule has 1 aromatic rings. The zero-order valence-electron chi connectivity index (χ0n) is 15.2. The second-order valence-corrected chi connectivity index (χ2v) is 7.70. The third-order valence-electron chi connectivity index (χ3n) is 3.48. The molecule has 9 heteroatoms. The largest absolute Gasteiger partial charge is 0.357 e. The topological polar surface area (TPSA) is 86.7 Å². The highest BCUT2D eigenvalue weighted by molar-refractivity contribution is 14.0. The Hall–Kier alpha value is -0.940. The van der Waals surface area contributed by atoms with E-state index < -0.39 is 10.0 Å². The van der Waals surface area contributed by atoms with Gasteiger partial charge in [0.1, 0.15) is 0 Å². The van der Waals surface area contributed by atoms with Gasteiger partial charge in [0.25, 0.3) is 0 Å². The van der Waals surface area contributed by atoms with Gasteiger partial charge in [-0.1, -0.05) is 6.07 Å². The first-order valence-corrected chi connectivity index (χ1v) is 9.96.